The average Bonchev–Trinajstić information content (AvgIpc) is 2.76. The van der Waals surface area contributed by atoms with Crippen molar-refractivity contribution in [2.24, 2.45) is 0 Å². The first-order chi connectivity index (χ1) is 11.3. The number of aromatic nitrogens is 4. The molecule has 0 atom stereocenters. The van der Waals surface area contributed by atoms with Crippen LogP contribution in [0.3, 0.4) is 0 Å². The molecule has 2 aromatic heterocycles. The van der Waals surface area contributed by atoms with Crippen molar-refractivity contribution in [2.45, 2.75) is 51.4 Å². The molecule has 6 nitrogen and oxygen atoms in total. The molecule has 7 heteroatoms. The van der Waals surface area contributed by atoms with Crippen molar-refractivity contribution in [1.82, 2.24) is 24.8 Å². The number of nitrogens with one attached hydrogen (secondary N) is 1. The summed E-state index contributed by atoms with van der Waals surface area (Å²) >= 11 is 0. The van der Waals surface area contributed by atoms with Crippen molar-refractivity contribution < 1.29 is 4.39 Å². The number of hydrogen-bond acceptors (Lipinski definition) is 5. The summed E-state index contributed by atoms with van der Waals surface area (Å²) in [6, 6.07) is 0.648. The van der Waals surface area contributed by atoms with Crippen LogP contribution in [-0.2, 0) is 19.6 Å². The van der Waals surface area contributed by atoms with E-state index in [2.05, 4.69) is 29.7 Å². The maximum absolute atomic E-state index is 13.0. The number of halogens is 1. The Balaban J connectivity index is 1.52. The Labute approximate surface area is 134 Å². The zero-order chi connectivity index (χ0) is 15.6. The summed E-state index contributed by atoms with van der Waals surface area (Å²) in [4.78, 5) is 14.9. The summed E-state index contributed by atoms with van der Waals surface area (Å²) in [7, 11) is 0. The van der Waals surface area contributed by atoms with Gasteiger partial charge in [0.2, 0.25) is 5.95 Å². The lowest BCUT2D eigenvalue weighted by molar-refractivity contribution is 0.336. The van der Waals surface area contributed by atoms with Gasteiger partial charge in [-0.05, 0) is 19.3 Å². The summed E-state index contributed by atoms with van der Waals surface area (Å²) in [5.41, 5.74) is 2.31. The Hall–Kier alpha value is -2.02. The van der Waals surface area contributed by atoms with E-state index >= 15 is 0 Å². The molecule has 2 aliphatic rings. The largest absolute Gasteiger partial charge is 0.335 e. The Bertz CT molecular complexity index is 664. The van der Waals surface area contributed by atoms with Gasteiger partial charge in [0.15, 0.2) is 5.82 Å². The smallest absolute Gasteiger partial charge is 0.225 e. The minimum atomic E-state index is -0.404. The van der Waals surface area contributed by atoms with Gasteiger partial charge in [0.05, 0.1) is 36.7 Å². The Morgan fingerprint density at radius 1 is 1.13 bits per heavy atom. The third kappa shape index (κ3) is 3.06. The Morgan fingerprint density at radius 3 is 2.70 bits per heavy atom. The number of anilines is 1. The molecule has 1 aliphatic carbocycles. The highest BCUT2D eigenvalue weighted by Crippen LogP contribution is 2.22. The van der Waals surface area contributed by atoms with Gasteiger partial charge in [-0.1, -0.05) is 6.42 Å². The normalized spacial score (nSPS) is 18.4. The Morgan fingerprint density at radius 2 is 1.96 bits per heavy atom. The van der Waals surface area contributed by atoms with Crippen LogP contribution in [0.4, 0.5) is 10.3 Å². The number of fused-ring (bicyclic) bond motifs is 1. The van der Waals surface area contributed by atoms with E-state index < -0.39 is 5.82 Å². The minimum Gasteiger partial charge on any atom is -0.335 e. The van der Waals surface area contributed by atoms with Crippen molar-refractivity contribution in [2.75, 3.05) is 11.4 Å². The lowest BCUT2D eigenvalue weighted by Gasteiger charge is -2.26. The molecule has 1 saturated carbocycles. The lowest BCUT2D eigenvalue weighted by atomic mass is 9.93. The van der Waals surface area contributed by atoms with Gasteiger partial charge in [0, 0.05) is 25.7 Å². The maximum atomic E-state index is 13.0. The predicted octanol–water partition coefficient (Wildman–Crippen LogP) is 1.86. The molecule has 0 saturated heterocycles. The molecule has 1 aliphatic heterocycles. The first kappa shape index (κ1) is 14.6. The van der Waals surface area contributed by atoms with Crippen LogP contribution in [0.1, 0.15) is 37.1 Å². The fraction of sp³-hybridized carbons (Fsp3) is 0.562. The molecule has 0 radical (unpaired) electrons. The van der Waals surface area contributed by atoms with Gasteiger partial charge in [0.25, 0.3) is 0 Å². The van der Waals surface area contributed by atoms with Gasteiger partial charge >= 0.3 is 0 Å². The molecular weight excluding hydrogens is 295 g/mol. The second kappa shape index (κ2) is 6.23. The quantitative estimate of drug-likeness (QED) is 0.933. The van der Waals surface area contributed by atoms with Crippen LogP contribution >= 0.6 is 0 Å². The van der Waals surface area contributed by atoms with E-state index in [1.807, 2.05) is 6.33 Å². The van der Waals surface area contributed by atoms with E-state index in [9.17, 15) is 4.39 Å². The molecule has 0 aromatic carbocycles. The molecule has 1 fully saturated rings. The average molecular weight is 316 g/mol. The van der Waals surface area contributed by atoms with Gasteiger partial charge in [-0.15, -0.1) is 0 Å². The zero-order valence-electron chi connectivity index (χ0n) is 13.1. The molecule has 0 spiro atoms. The molecule has 3 heterocycles. The topological polar surface area (TPSA) is 58.9 Å². The number of imidazole rings is 1. The first-order valence-electron chi connectivity index (χ1n) is 8.28. The second-order valence-electron chi connectivity index (χ2n) is 6.32. The van der Waals surface area contributed by atoms with Crippen molar-refractivity contribution in [3.8, 4) is 0 Å². The van der Waals surface area contributed by atoms with Gasteiger partial charge in [-0.2, -0.15) is 0 Å². The van der Waals surface area contributed by atoms with E-state index in [1.165, 1.54) is 37.4 Å². The summed E-state index contributed by atoms with van der Waals surface area (Å²) < 4.78 is 15.3. The van der Waals surface area contributed by atoms with Crippen LogP contribution in [0.2, 0.25) is 0 Å². The molecule has 23 heavy (non-hydrogen) atoms. The predicted molar refractivity (Wildman–Crippen MR) is 84.4 cm³/mol. The highest BCUT2D eigenvalue weighted by molar-refractivity contribution is 5.32. The van der Waals surface area contributed by atoms with Crippen LogP contribution in [0.25, 0.3) is 0 Å². The van der Waals surface area contributed by atoms with Crippen molar-refractivity contribution in [3.05, 3.63) is 35.9 Å². The van der Waals surface area contributed by atoms with E-state index in [4.69, 9.17) is 0 Å². The van der Waals surface area contributed by atoms with E-state index in [-0.39, 0.29) is 0 Å². The number of hydrogen-bond donors (Lipinski definition) is 1. The number of rotatable bonds is 4. The number of nitrogens with zero attached hydrogens (tertiary/aromatic N) is 5. The van der Waals surface area contributed by atoms with Crippen molar-refractivity contribution in [3.63, 3.8) is 0 Å². The first-order valence-corrected chi connectivity index (χ1v) is 8.28. The summed E-state index contributed by atoms with van der Waals surface area (Å²) in [6.45, 7) is 3.34. The van der Waals surface area contributed by atoms with Gasteiger partial charge in [0.1, 0.15) is 0 Å². The van der Waals surface area contributed by atoms with Gasteiger partial charge < -0.3 is 14.8 Å². The van der Waals surface area contributed by atoms with Crippen LogP contribution in [0.15, 0.2) is 18.7 Å². The van der Waals surface area contributed by atoms with Crippen LogP contribution in [-0.4, -0.2) is 32.1 Å². The molecule has 122 valence electrons. The van der Waals surface area contributed by atoms with Crippen LogP contribution < -0.4 is 10.2 Å². The van der Waals surface area contributed by atoms with Gasteiger partial charge in [-0.25, -0.2) is 19.3 Å². The van der Waals surface area contributed by atoms with E-state index in [0.717, 1.165) is 31.7 Å². The maximum Gasteiger partial charge on any atom is 0.225 e. The molecular formula is C16H21FN6. The van der Waals surface area contributed by atoms with Crippen LogP contribution in [0, 0.1) is 5.82 Å². The molecule has 0 unspecified atom stereocenters. The molecule has 1 N–H and O–H groups in total. The highest BCUT2D eigenvalue weighted by atomic mass is 19.1. The standard InChI is InChI=1S/C16H21FN6/c17-12-7-19-16(20-8-12)22-5-2-6-23-11-21-14(15(23)10-22)9-18-13-3-1-4-13/h7-8,11,13,18H,1-6,9-10H2. The fourth-order valence-corrected chi connectivity index (χ4v) is 3.16. The fourth-order valence-electron chi connectivity index (χ4n) is 3.16. The van der Waals surface area contributed by atoms with Crippen molar-refractivity contribution in [1.29, 1.82) is 0 Å². The summed E-state index contributed by atoms with van der Waals surface area (Å²) in [6.07, 6.45) is 9.25. The van der Waals surface area contributed by atoms with E-state index in [0.29, 0.717) is 18.5 Å². The van der Waals surface area contributed by atoms with Crippen molar-refractivity contribution >= 4 is 5.95 Å². The Kier molecular flexibility index (Phi) is 3.95. The summed E-state index contributed by atoms with van der Waals surface area (Å²) in [5.74, 6) is 0.179. The second-order valence-corrected chi connectivity index (χ2v) is 6.32. The highest BCUT2D eigenvalue weighted by Gasteiger charge is 2.22. The van der Waals surface area contributed by atoms with Gasteiger partial charge in [-0.3, -0.25) is 0 Å². The lowest BCUT2D eigenvalue weighted by Crippen LogP contribution is -2.35. The molecule has 0 amide bonds. The molecule has 2 aromatic rings. The monoisotopic (exact) mass is 316 g/mol. The third-order valence-electron chi connectivity index (χ3n) is 4.75. The zero-order valence-corrected chi connectivity index (χ0v) is 13.1. The van der Waals surface area contributed by atoms with E-state index in [1.54, 1.807) is 0 Å². The summed E-state index contributed by atoms with van der Waals surface area (Å²) in [5, 5.41) is 3.58. The SMILES string of the molecule is Fc1cnc(N2CCCn3cnc(CNC4CCC4)c3C2)nc1. The minimum absolute atomic E-state index is 0.404. The molecule has 0 bridgehead atoms. The number of aryl methyl sites for hydroxylation is 1. The third-order valence-corrected chi connectivity index (χ3v) is 4.75. The molecule has 4 rings (SSSR count). The van der Waals surface area contributed by atoms with Crippen LogP contribution in [0.5, 0.6) is 0 Å².